The van der Waals surface area contributed by atoms with Gasteiger partial charge in [-0.2, -0.15) is 8.78 Å². The van der Waals surface area contributed by atoms with Gasteiger partial charge in [0.1, 0.15) is 29.0 Å². The number of halogens is 9. The Bertz CT molecular complexity index is 1780. The fourth-order valence-electron chi connectivity index (χ4n) is 4.06. The van der Waals surface area contributed by atoms with Crippen LogP contribution in [0.4, 0.5) is 39.5 Å². The molecule has 0 spiro atoms. The molecular weight excluding hydrogens is 595 g/mol. The van der Waals surface area contributed by atoms with E-state index in [0.717, 1.165) is 43.5 Å². The lowest BCUT2D eigenvalue weighted by atomic mass is 10.0. The minimum absolute atomic E-state index is 0.0498. The van der Waals surface area contributed by atoms with Crippen molar-refractivity contribution < 1.29 is 44.3 Å². The second-order valence-corrected chi connectivity index (χ2v) is 9.60. The first-order chi connectivity index (χ1) is 20.9. The highest BCUT2D eigenvalue weighted by atomic mass is 19.3. The highest BCUT2D eigenvalue weighted by molar-refractivity contribution is 5.50. The van der Waals surface area contributed by atoms with E-state index in [0.29, 0.717) is 36.2 Å². The van der Waals surface area contributed by atoms with Crippen molar-refractivity contribution in [2.45, 2.75) is 38.7 Å². The highest BCUT2D eigenvalue weighted by Gasteiger charge is 2.38. The van der Waals surface area contributed by atoms with E-state index in [1.165, 1.54) is 12.1 Å². The fraction of sp³-hybridized carbons (Fsp3) is 0.176. The van der Waals surface area contributed by atoms with Crippen LogP contribution in [0.5, 0.6) is 5.75 Å². The second kappa shape index (κ2) is 13.6. The van der Waals surface area contributed by atoms with Crippen LogP contribution in [0.25, 0.3) is 0 Å². The maximum atomic E-state index is 14.7. The van der Waals surface area contributed by atoms with E-state index in [9.17, 15) is 39.5 Å². The smallest absolute Gasteiger partial charge is 0.429 e. The Morgan fingerprint density at radius 3 is 1.86 bits per heavy atom. The molecule has 0 saturated carbocycles. The standard InChI is InChI=1S/C34H21F9O/c1-2-3-4-5-20-9-13-26(30(38)15-20)34(42,43)44-24-18-28(36)25(29(37)19-24)12-8-21-6-10-23(27(35)14-21)11-7-22-16-31(39)33(41)32(40)17-22/h6,9-10,13-19H,2-5H2,1H3. The predicted octanol–water partition coefficient (Wildman–Crippen LogP) is 9.32. The Hall–Kier alpha value is -4.83. The normalized spacial score (nSPS) is 11.0. The summed E-state index contributed by atoms with van der Waals surface area (Å²) in [5.41, 5.74) is -1.92. The Balaban J connectivity index is 1.50. The predicted molar refractivity (Wildman–Crippen MR) is 145 cm³/mol. The maximum Gasteiger partial charge on any atom is 0.429 e. The van der Waals surface area contributed by atoms with Crippen LogP contribution in [0, 0.1) is 64.4 Å². The van der Waals surface area contributed by atoms with Gasteiger partial charge in [-0.1, -0.05) is 49.5 Å². The molecule has 4 rings (SSSR count). The molecule has 0 N–H and O–H groups in total. The molecule has 4 aromatic carbocycles. The van der Waals surface area contributed by atoms with Crippen molar-refractivity contribution in [2.75, 3.05) is 0 Å². The largest absolute Gasteiger partial charge is 0.429 e. The summed E-state index contributed by atoms with van der Waals surface area (Å²) in [5, 5.41) is 0. The summed E-state index contributed by atoms with van der Waals surface area (Å²) in [7, 11) is 0. The van der Waals surface area contributed by atoms with E-state index in [1.54, 1.807) is 0 Å². The first-order valence-electron chi connectivity index (χ1n) is 13.2. The van der Waals surface area contributed by atoms with Crippen molar-refractivity contribution in [2.24, 2.45) is 0 Å². The molecule has 0 bridgehead atoms. The molecular formula is C34H21F9O. The van der Waals surface area contributed by atoms with Crippen molar-refractivity contribution in [3.63, 3.8) is 0 Å². The van der Waals surface area contributed by atoms with Crippen molar-refractivity contribution in [1.29, 1.82) is 0 Å². The van der Waals surface area contributed by atoms with Gasteiger partial charge in [0.05, 0.1) is 16.7 Å². The van der Waals surface area contributed by atoms with Gasteiger partial charge in [-0.3, -0.25) is 0 Å². The zero-order chi connectivity index (χ0) is 32.0. The number of benzene rings is 4. The third kappa shape index (κ3) is 7.76. The van der Waals surface area contributed by atoms with E-state index in [-0.39, 0.29) is 16.7 Å². The number of hydrogen-bond acceptors (Lipinski definition) is 1. The zero-order valence-electron chi connectivity index (χ0n) is 22.9. The number of ether oxygens (including phenoxy) is 1. The SMILES string of the molecule is CCCCCc1ccc(C(F)(F)Oc2cc(F)c(C#Cc3ccc(C#Cc4cc(F)c(F)c(F)c4)c(F)c3)c(F)c2)c(F)c1. The van der Waals surface area contributed by atoms with Crippen LogP contribution < -0.4 is 4.74 Å². The summed E-state index contributed by atoms with van der Waals surface area (Å²) < 4.78 is 132. The minimum atomic E-state index is -4.25. The molecule has 226 valence electrons. The van der Waals surface area contributed by atoms with Crippen LogP contribution in [0.15, 0.2) is 60.7 Å². The summed E-state index contributed by atoms with van der Waals surface area (Å²) in [6.07, 6.45) is -1.16. The molecule has 0 unspecified atom stereocenters. The van der Waals surface area contributed by atoms with E-state index in [1.807, 2.05) is 6.92 Å². The van der Waals surface area contributed by atoms with Crippen LogP contribution in [0.3, 0.4) is 0 Å². The van der Waals surface area contributed by atoms with Gasteiger partial charge in [-0.15, -0.1) is 0 Å². The van der Waals surface area contributed by atoms with Gasteiger partial charge < -0.3 is 4.74 Å². The van der Waals surface area contributed by atoms with Gasteiger partial charge in [0.25, 0.3) is 0 Å². The van der Waals surface area contributed by atoms with Crippen molar-refractivity contribution in [1.82, 2.24) is 0 Å². The third-order valence-corrected chi connectivity index (χ3v) is 6.30. The molecule has 0 aromatic heterocycles. The molecule has 0 aliphatic heterocycles. The fourth-order valence-corrected chi connectivity index (χ4v) is 4.06. The van der Waals surface area contributed by atoms with Gasteiger partial charge in [0.15, 0.2) is 17.5 Å². The first kappa shape index (κ1) is 32.1. The lowest BCUT2D eigenvalue weighted by Gasteiger charge is -2.19. The summed E-state index contributed by atoms with van der Waals surface area (Å²) >= 11 is 0. The molecule has 1 nitrogen and oxygen atoms in total. The number of unbranched alkanes of at least 4 members (excludes halogenated alkanes) is 2. The Morgan fingerprint density at radius 1 is 0.614 bits per heavy atom. The van der Waals surface area contributed by atoms with Crippen LogP contribution in [0.1, 0.15) is 59.6 Å². The average molecular weight is 617 g/mol. The number of rotatable bonds is 7. The van der Waals surface area contributed by atoms with E-state index in [4.69, 9.17) is 0 Å². The van der Waals surface area contributed by atoms with Crippen LogP contribution in [-0.2, 0) is 12.5 Å². The summed E-state index contributed by atoms with van der Waals surface area (Å²) in [4.78, 5) is 0. The molecule has 4 aromatic rings. The third-order valence-electron chi connectivity index (χ3n) is 6.30. The van der Waals surface area contributed by atoms with Crippen LogP contribution in [0.2, 0.25) is 0 Å². The molecule has 0 fully saturated rings. The molecule has 0 atom stereocenters. The average Bonchev–Trinajstić information content (AvgIpc) is 2.94. The molecule has 0 radical (unpaired) electrons. The minimum Gasteiger partial charge on any atom is -0.429 e. The molecule has 10 heteroatoms. The van der Waals surface area contributed by atoms with E-state index >= 15 is 0 Å². The number of aryl methyl sites for hydroxylation is 1. The lowest BCUT2D eigenvalue weighted by Crippen LogP contribution is -2.23. The number of alkyl halides is 2. The molecule has 0 aliphatic carbocycles. The van der Waals surface area contributed by atoms with E-state index < -0.39 is 63.7 Å². The van der Waals surface area contributed by atoms with Crippen molar-refractivity contribution >= 4 is 0 Å². The lowest BCUT2D eigenvalue weighted by molar-refractivity contribution is -0.187. The molecule has 44 heavy (non-hydrogen) atoms. The van der Waals surface area contributed by atoms with Crippen LogP contribution >= 0.6 is 0 Å². The summed E-state index contributed by atoms with van der Waals surface area (Å²) in [6, 6.07) is 8.61. The molecule has 0 amide bonds. The van der Waals surface area contributed by atoms with Gasteiger partial charge >= 0.3 is 6.11 Å². The van der Waals surface area contributed by atoms with Crippen molar-refractivity contribution in [3.05, 3.63) is 135 Å². The quantitative estimate of drug-likeness (QED) is 0.0871. The van der Waals surface area contributed by atoms with Crippen molar-refractivity contribution in [3.8, 4) is 29.4 Å². The molecule has 0 aliphatic rings. The van der Waals surface area contributed by atoms with Crippen LogP contribution in [-0.4, -0.2) is 0 Å². The number of hydrogen-bond donors (Lipinski definition) is 0. The Morgan fingerprint density at radius 2 is 1.25 bits per heavy atom. The Labute approximate surface area is 247 Å². The zero-order valence-corrected chi connectivity index (χ0v) is 22.9. The summed E-state index contributed by atoms with van der Waals surface area (Å²) in [6.45, 7) is 1.99. The van der Waals surface area contributed by atoms with Gasteiger partial charge in [0, 0.05) is 23.3 Å². The van der Waals surface area contributed by atoms with Gasteiger partial charge in [0.2, 0.25) is 0 Å². The second-order valence-electron chi connectivity index (χ2n) is 9.60. The van der Waals surface area contributed by atoms with E-state index in [2.05, 4.69) is 28.4 Å². The monoisotopic (exact) mass is 616 g/mol. The highest BCUT2D eigenvalue weighted by Crippen LogP contribution is 2.35. The molecule has 0 saturated heterocycles. The Kier molecular flexibility index (Phi) is 9.95. The van der Waals surface area contributed by atoms with Gasteiger partial charge in [-0.25, -0.2) is 30.7 Å². The van der Waals surface area contributed by atoms with Gasteiger partial charge in [-0.05, 0) is 60.9 Å². The summed E-state index contributed by atoms with van der Waals surface area (Å²) in [5.74, 6) is -1.31. The first-order valence-corrected chi connectivity index (χ1v) is 13.2. The molecule has 0 heterocycles. The topological polar surface area (TPSA) is 9.23 Å². The maximum absolute atomic E-state index is 14.7.